The summed E-state index contributed by atoms with van der Waals surface area (Å²) < 4.78 is 0.619. The van der Waals surface area contributed by atoms with Gasteiger partial charge in [0.25, 0.3) is 0 Å². The molecule has 0 unspecified atom stereocenters. The number of H-pyrrole nitrogens is 1. The molecule has 100 valence electrons. The quantitative estimate of drug-likeness (QED) is 0.532. The molecule has 3 N–H and O–H groups in total. The molecule has 3 aromatic rings. The Morgan fingerprint density at radius 1 is 1.20 bits per heavy atom. The molecular formula is C15H10BrClN2O. The van der Waals surface area contributed by atoms with E-state index < -0.39 is 0 Å². The molecule has 0 spiro atoms. The van der Waals surface area contributed by atoms with Gasteiger partial charge in [0.2, 0.25) is 0 Å². The van der Waals surface area contributed by atoms with E-state index in [2.05, 4.69) is 20.9 Å². The number of hydrogen-bond acceptors (Lipinski definition) is 2. The Labute approximate surface area is 128 Å². The molecule has 20 heavy (non-hydrogen) atoms. The summed E-state index contributed by atoms with van der Waals surface area (Å²) in [6.45, 7) is 0. The van der Waals surface area contributed by atoms with Crippen LogP contribution in [0, 0.1) is 0 Å². The molecule has 0 aliphatic rings. The van der Waals surface area contributed by atoms with Gasteiger partial charge in [-0.15, -0.1) is 0 Å². The summed E-state index contributed by atoms with van der Waals surface area (Å²) >= 11 is 9.31. The van der Waals surface area contributed by atoms with Gasteiger partial charge in [-0.1, -0.05) is 23.7 Å². The molecule has 3 nitrogen and oxygen atoms in total. The molecule has 2 aromatic carbocycles. The largest absolute Gasteiger partial charge is 0.398 e. The second-order valence-corrected chi connectivity index (χ2v) is 5.66. The number of hydrogen-bond donors (Lipinski definition) is 2. The van der Waals surface area contributed by atoms with Crippen molar-refractivity contribution in [3.8, 4) is 0 Å². The predicted molar refractivity (Wildman–Crippen MR) is 85.3 cm³/mol. The Bertz CT molecular complexity index is 826. The monoisotopic (exact) mass is 348 g/mol. The lowest BCUT2D eigenvalue weighted by molar-refractivity contribution is 0.103. The SMILES string of the molecule is Nc1cccc(C(=O)c2c[nH]c3cc(Cl)ccc23)c1Br. The van der Waals surface area contributed by atoms with Gasteiger partial charge in [-0.25, -0.2) is 0 Å². The number of rotatable bonds is 2. The van der Waals surface area contributed by atoms with Gasteiger partial charge in [0.05, 0.1) is 4.47 Å². The van der Waals surface area contributed by atoms with E-state index >= 15 is 0 Å². The topological polar surface area (TPSA) is 58.9 Å². The third kappa shape index (κ3) is 2.11. The minimum Gasteiger partial charge on any atom is -0.398 e. The fraction of sp³-hybridized carbons (Fsp3) is 0. The number of anilines is 1. The minimum absolute atomic E-state index is 0.0854. The van der Waals surface area contributed by atoms with E-state index in [1.165, 1.54) is 0 Å². The first-order valence-corrected chi connectivity index (χ1v) is 7.10. The highest BCUT2D eigenvalue weighted by Crippen LogP contribution is 2.29. The summed E-state index contributed by atoms with van der Waals surface area (Å²) in [5.41, 5.74) is 8.34. The number of nitrogen functional groups attached to an aromatic ring is 1. The molecule has 1 aromatic heterocycles. The van der Waals surface area contributed by atoms with Crippen LogP contribution in [0.15, 0.2) is 47.1 Å². The Morgan fingerprint density at radius 3 is 2.80 bits per heavy atom. The van der Waals surface area contributed by atoms with Crippen molar-refractivity contribution in [2.75, 3.05) is 5.73 Å². The number of benzene rings is 2. The second-order valence-electron chi connectivity index (χ2n) is 4.43. The third-order valence-electron chi connectivity index (χ3n) is 3.16. The van der Waals surface area contributed by atoms with Crippen molar-refractivity contribution in [2.45, 2.75) is 0 Å². The smallest absolute Gasteiger partial charge is 0.196 e. The Hall–Kier alpha value is -1.78. The average Bonchev–Trinajstić information content (AvgIpc) is 2.84. The van der Waals surface area contributed by atoms with Crippen molar-refractivity contribution in [1.29, 1.82) is 0 Å². The Balaban J connectivity index is 2.16. The van der Waals surface area contributed by atoms with Gasteiger partial charge in [0.15, 0.2) is 5.78 Å². The second kappa shape index (κ2) is 4.96. The van der Waals surface area contributed by atoms with Crippen LogP contribution in [-0.4, -0.2) is 10.8 Å². The molecule has 5 heteroatoms. The predicted octanol–water partition coefficient (Wildman–Crippen LogP) is 4.40. The summed E-state index contributed by atoms with van der Waals surface area (Å²) in [5.74, 6) is -0.0854. The van der Waals surface area contributed by atoms with Crippen LogP contribution < -0.4 is 5.73 Å². The summed E-state index contributed by atoms with van der Waals surface area (Å²) in [4.78, 5) is 15.7. The molecule has 0 bridgehead atoms. The summed E-state index contributed by atoms with van der Waals surface area (Å²) in [7, 11) is 0. The maximum Gasteiger partial charge on any atom is 0.196 e. The molecule has 1 heterocycles. The number of carbonyl (C=O) groups is 1. The van der Waals surface area contributed by atoms with Crippen LogP contribution in [0.4, 0.5) is 5.69 Å². The Kier molecular flexibility index (Phi) is 3.28. The van der Waals surface area contributed by atoms with Crippen molar-refractivity contribution in [2.24, 2.45) is 0 Å². The minimum atomic E-state index is -0.0854. The van der Waals surface area contributed by atoms with E-state index in [1.54, 1.807) is 36.5 Å². The average molecular weight is 350 g/mol. The number of carbonyl (C=O) groups excluding carboxylic acids is 1. The van der Waals surface area contributed by atoms with E-state index in [1.807, 2.05) is 6.07 Å². The lowest BCUT2D eigenvalue weighted by Crippen LogP contribution is -2.03. The lowest BCUT2D eigenvalue weighted by atomic mass is 10.0. The molecule has 3 rings (SSSR count). The van der Waals surface area contributed by atoms with E-state index in [0.29, 0.717) is 26.3 Å². The van der Waals surface area contributed by atoms with Gasteiger partial charge in [0, 0.05) is 38.9 Å². The molecular weight excluding hydrogens is 340 g/mol. The zero-order valence-electron chi connectivity index (χ0n) is 10.3. The van der Waals surface area contributed by atoms with Crippen LogP contribution in [-0.2, 0) is 0 Å². The molecule has 0 atom stereocenters. The number of nitrogens with one attached hydrogen (secondary N) is 1. The van der Waals surface area contributed by atoms with Gasteiger partial charge in [-0.2, -0.15) is 0 Å². The van der Waals surface area contributed by atoms with Gasteiger partial charge < -0.3 is 10.7 Å². The summed E-state index contributed by atoms with van der Waals surface area (Å²) in [5, 5.41) is 1.47. The number of aromatic nitrogens is 1. The molecule has 0 fully saturated rings. The third-order valence-corrected chi connectivity index (χ3v) is 4.28. The first-order valence-electron chi connectivity index (χ1n) is 5.93. The molecule has 0 amide bonds. The fourth-order valence-electron chi connectivity index (χ4n) is 2.16. The van der Waals surface area contributed by atoms with Crippen LogP contribution in [0.25, 0.3) is 10.9 Å². The molecule has 0 saturated carbocycles. The van der Waals surface area contributed by atoms with Crippen LogP contribution in [0.2, 0.25) is 5.02 Å². The zero-order chi connectivity index (χ0) is 14.3. The fourth-order valence-corrected chi connectivity index (χ4v) is 2.77. The van der Waals surface area contributed by atoms with Gasteiger partial charge in [0.1, 0.15) is 0 Å². The number of fused-ring (bicyclic) bond motifs is 1. The highest BCUT2D eigenvalue weighted by molar-refractivity contribution is 9.10. The standard InChI is InChI=1S/C15H10BrClN2O/c16-14-10(2-1-3-12(14)18)15(20)11-7-19-13-6-8(17)4-5-9(11)13/h1-7,19H,18H2. The van der Waals surface area contributed by atoms with Crippen molar-refractivity contribution < 1.29 is 4.79 Å². The molecule has 0 radical (unpaired) electrons. The van der Waals surface area contributed by atoms with E-state index in [0.717, 1.165) is 10.9 Å². The van der Waals surface area contributed by atoms with Crippen LogP contribution in [0.1, 0.15) is 15.9 Å². The summed E-state index contributed by atoms with van der Waals surface area (Å²) in [6.07, 6.45) is 1.69. The van der Waals surface area contributed by atoms with Crippen molar-refractivity contribution >= 4 is 49.9 Å². The first-order chi connectivity index (χ1) is 9.58. The molecule has 0 aliphatic carbocycles. The summed E-state index contributed by atoms with van der Waals surface area (Å²) in [6, 6.07) is 10.7. The van der Waals surface area contributed by atoms with E-state index in [-0.39, 0.29) is 5.78 Å². The number of ketones is 1. The molecule has 0 saturated heterocycles. The number of halogens is 2. The van der Waals surface area contributed by atoms with Crippen molar-refractivity contribution in [3.63, 3.8) is 0 Å². The maximum absolute atomic E-state index is 12.6. The Morgan fingerprint density at radius 2 is 2.00 bits per heavy atom. The zero-order valence-corrected chi connectivity index (χ0v) is 12.6. The van der Waals surface area contributed by atoms with Crippen LogP contribution in [0.5, 0.6) is 0 Å². The van der Waals surface area contributed by atoms with E-state index in [4.69, 9.17) is 17.3 Å². The number of aromatic amines is 1. The highest BCUT2D eigenvalue weighted by atomic mass is 79.9. The van der Waals surface area contributed by atoms with Gasteiger partial charge in [-0.3, -0.25) is 4.79 Å². The van der Waals surface area contributed by atoms with Gasteiger partial charge in [-0.05, 0) is 40.2 Å². The van der Waals surface area contributed by atoms with Crippen LogP contribution >= 0.6 is 27.5 Å². The molecule has 0 aliphatic heterocycles. The van der Waals surface area contributed by atoms with E-state index in [9.17, 15) is 4.79 Å². The first kappa shape index (κ1) is 13.2. The lowest BCUT2D eigenvalue weighted by Gasteiger charge is -2.05. The number of nitrogens with two attached hydrogens (primary N) is 1. The van der Waals surface area contributed by atoms with Gasteiger partial charge >= 0.3 is 0 Å². The highest BCUT2D eigenvalue weighted by Gasteiger charge is 2.17. The normalized spacial score (nSPS) is 10.9. The van der Waals surface area contributed by atoms with Crippen molar-refractivity contribution in [1.82, 2.24) is 4.98 Å². The van der Waals surface area contributed by atoms with Crippen molar-refractivity contribution in [3.05, 3.63) is 63.2 Å². The maximum atomic E-state index is 12.6. The van der Waals surface area contributed by atoms with Crippen LogP contribution in [0.3, 0.4) is 0 Å².